The molecule has 0 aliphatic carbocycles. The average Bonchev–Trinajstić information content (AvgIpc) is 2.28. The van der Waals surface area contributed by atoms with Gasteiger partial charge in [0.05, 0.1) is 7.05 Å². The molecule has 1 rings (SSSR count). The number of amides is 1. The van der Waals surface area contributed by atoms with E-state index in [4.69, 9.17) is 5.73 Å². The number of likely N-dealkylation sites (N-methyl/N-ethyl adjacent to an activating group) is 1. The van der Waals surface area contributed by atoms with Crippen molar-refractivity contribution < 1.29 is 9.69 Å². The average molecular weight is 221 g/mol. The summed E-state index contributed by atoms with van der Waals surface area (Å²) < 4.78 is 0. The number of primary amides is 1. The molecule has 0 aliphatic heterocycles. The van der Waals surface area contributed by atoms with Crippen LogP contribution in [-0.2, 0) is 17.8 Å². The summed E-state index contributed by atoms with van der Waals surface area (Å²) in [6, 6.07) is 8.37. The molecule has 0 aliphatic rings. The Bertz CT molecular complexity index is 345. The van der Waals surface area contributed by atoms with Crippen molar-refractivity contribution in [3.63, 3.8) is 0 Å². The van der Waals surface area contributed by atoms with Crippen molar-refractivity contribution in [2.24, 2.45) is 5.73 Å². The lowest BCUT2D eigenvalue weighted by Crippen LogP contribution is -3.12. The van der Waals surface area contributed by atoms with E-state index in [0.29, 0.717) is 0 Å². The molecule has 0 saturated carbocycles. The largest absolute Gasteiger partial charge is 0.365 e. The van der Waals surface area contributed by atoms with Gasteiger partial charge < -0.3 is 10.6 Å². The molecule has 1 amide bonds. The Hall–Kier alpha value is -1.35. The molecule has 0 bridgehead atoms. The molecule has 0 fully saturated rings. The van der Waals surface area contributed by atoms with Gasteiger partial charge in [0.15, 0.2) is 6.04 Å². The van der Waals surface area contributed by atoms with Gasteiger partial charge in [-0.2, -0.15) is 0 Å². The highest BCUT2D eigenvalue weighted by Crippen LogP contribution is 2.03. The maximum Gasteiger partial charge on any atom is 0.275 e. The Balaban J connectivity index is 2.62. The minimum Gasteiger partial charge on any atom is -0.365 e. The fourth-order valence-corrected chi connectivity index (χ4v) is 1.61. The Morgan fingerprint density at radius 2 is 1.81 bits per heavy atom. The van der Waals surface area contributed by atoms with Crippen LogP contribution in [0.1, 0.15) is 25.0 Å². The van der Waals surface area contributed by atoms with Crippen molar-refractivity contribution in [3.05, 3.63) is 35.4 Å². The molecule has 1 unspecified atom stereocenters. The Kier molecular flexibility index (Phi) is 4.50. The van der Waals surface area contributed by atoms with Crippen LogP contribution in [-0.4, -0.2) is 19.0 Å². The number of rotatable bonds is 5. The molecule has 3 nitrogen and oxygen atoms in total. The molecule has 0 spiro atoms. The van der Waals surface area contributed by atoms with E-state index in [1.54, 1.807) is 0 Å². The van der Waals surface area contributed by atoms with Gasteiger partial charge in [-0.1, -0.05) is 31.2 Å². The van der Waals surface area contributed by atoms with E-state index in [0.717, 1.165) is 17.9 Å². The third-order valence-electron chi connectivity index (χ3n) is 3.08. The van der Waals surface area contributed by atoms with Gasteiger partial charge in [-0.15, -0.1) is 0 Å². The molecule has 0 aromatic heterocycles. The Morgan fingerprint density at radius 1 is 1.31 bits per heavy atom. The minimum atomic E-state index is -0.248. The molecule has 2 atom stereocenters. The number of carbonyl (C=O) groups excluding carboxylic acids is 1. The van der Waals surface area contributed by atoms with Gasteiger partial charge in [0.25, 0.3) is 5.91 Å². The molecule has 0 saturated heterocycles. The van der Waals surface area contributed by atoms with Gasteiger partial charge in [-0.05, 0) is 18.9 Å². The first kappa shape index (κ1) is 12.7. The van der Waals surface area contributed by atoms with Crippen LogP contribution in [0.25, 0.3) is 0 Å². The number of nitrogens with two attached hydrogens (primary N) is 1. The topological polar surface area (TPSA) is 47.5 Å². The predicted molar refractivity (Wildman–Crippen MR) is 65.1 cm³/mol. The summed E-state index contributed by atoms with van der Waals surface area (Å²) >= 11 is 0. The van der Waals surface area contributed by atoms with Crippen molar-refractivity contribution in [3.8, 4) is 0 Å². The van der Waals surface area contributed by atoms with Crippen LogP contribution in [0.4, 0.5) is 0 Å². The highest BCUT2D eigenvalue weighted by atomic mass is 16.1. The summed E-state index contributed by atoms with van der Waals surface area (Å²) in [6.07, 6.45) is 1.06. The third kappa shape index (κ3) is 3.35. The molecule has 3 N–H and O–H groups in total. The van der Waals surface area contributed by atoms with Gasteiger partial charge in [-0.3, -0.25) is 4.79 Å². The van der Waals surface area contributed by atoms with Crippen LogP contribution in [0, 0.1) is 0 Å². The summed E-state index contributed by atoms with van der Waals surface area (Å²) in [6.45, 7) is 4.83. The monoisotopic (exact) mass is 221 g/mol. The van der Waals surface area contributed by atoms with Gasteiger partial charge in [0.1, 0.15) is 6.54 Å². The maximum absolute atomic E-state index is 11.0. The van der Waals surface area contributed by atoms with Gasteiger partial charge in [-0.25, -0.2) is 0 Å². The first-order chi connectivity index (χ1) is 7.54. The van der Waals surface area contributed by atoms with Crippen molar-refractivity contribution in [1.29, 1.82) is 0 Å². The van der Waals surface area contributed by atoms with E-state index in [-0.39, 0.29) is 11.9 Å². The standard InChI is InChI=1S/C13H20N2O/c1-4-11-5-7-12(8-6-11)9-15(3)10(2)13(14)16/h5-8,10H,4,9H2,1-3H3,(H2,14,16)/p+1/t10-/m1/s1. The minimum absolute atomic E-state index is 0.147. The fourth-order valence-electron chi connectivity index (χ4n) is 1.61. The first-order valence-electron chi connectivity index (χ1n) is 5.74. The lowest BCUT2D eigenvalue weighted by molar-refractivity contribution is -0.908. The maximum atomic E-state index is 11.0. The Morgan fingerprint density at radius 3 is 2.25 bits per heavy atom. The van der Waals surface area contributed by atoms with E-state index in [2.05, 4.69) is 31.2 Å². The zero-order valence-electron chi connectivity index (χ0n) is 10.3. The van der Waals surface area contributed by atoms with Crippen molar-refractivity contribution >= 4 is 5.91 Å². The molecule has 88 valence electrons. The van der Waals surface area contributed by atoms with E-state index < -0.39 is 0 Å². The summed E-state index contributed by atoms with van der Waals surface area (Å²) in [5.41, 5.74) is 7.85. The number of nitrogens with one attached hydrogen (secondary N) is 1. The predicted octanol–water partition coefficient (Wildman–Crippen LogP) is 0.138. The number of carbonyl (C=O) groups is 1. The second kappa shape index (κ2) is 5.66. The van der Waals surface area contributed by atoms with Gasteiger partial charge >= 0.3 is 0 Å². The zero-order chi connectivity index (χ0) is 12.1. The second-order valence-electron chi connectivity index (χ2n) is 4.32. The molecule has 1 aromatic carbocycles. The summed E-state index contributed by atoms with van der Waals surface area (Å²) in [7, 11) is 1.99. The number of hydrogen-bond donors (Lipinski definition) is 2. The van der Waals surface area contributed by atoms with Crippen LogP contribution >= 0.6 is 0 Å². The van der Waals surface area contributed by atoms with Crippen molar-refractivity contribution in [1.82, 2.24) is 0 Å². The smallest absolute Gasteiger partial charge is 0.275 e. The number of quaternary nitrogens is 1. The van der Waals surface area contributed by atoms with E-state index in [9.17, 15) is 4.79 Å². The third-order valence-corrected chi connectivity index (χ3v) is 3.08. The quantitative estimate of drug-likeness (QED) is 0.730. The number of aryl methyl sites for hydroxylation is 1. The summed E-state index contributed by atoms with van der Waals surface area (Å²) in [5.74, 6) is -0.248. The van der Waals surface area contributed by atoms with Gasteiger partial charge in [0.2, 0.25) is 0 Å². The van der Waals surface area contributed by atoms with E-state index in [1.165, 1.54) is 11.1 Å². The fraction of sp³-hybridized carbons (Fsp3) is 0.462. The van der Waals surface area contributed by atoms with Crippen LogP contribution in [0.2, 0.25) is 0 Å². The highest BCUT2D eigenvalue weighted by molar-refractivity contribution is 5.77. The zero-order valence-corrected chi connectivity index (χ0v) is 10.3. The molecule has 3 heteroatoms. The summed E-state index contributed by atoms with van der Waals surface area (Å²) in [4.78, 5) is 12.2. The second-order valence-corrected chi connectivity index (χ2v) is 4.32. The number of benzene rings is 1. The Labute approximate surface area is 97.2 Å². The van der Waals surface area contributed by atoms with Crippen molar-refractivity contribution in [2.45, 2.75) is 32.9 Å². The molecule has 0 heterocycles. The molecule has 0 radical (unpaired) electrons. The summed E-state index contributed by atoms with van der Waals surface area (Å²) in [5, 5.41) is 0. The highest BCUT2D eigenvalue weighted by Gasteiger charge is 2.18. The lowest BCUT2D eigenvalue weighted by Gasteiger charge is -2.19. The molecule has 16 heavy (non-hydrogen) atoms. The van der Waals surface area contributed by atoms with E-state index in [1.807, 2.05) is 14.0 Å². The first-order valence-corrected chi connectivity index (χ1v) is 5.74. The van der Waals surface area contributed by atoms with Crippen LogP contribution in [0.5, 0.6) is 0 Å². The van der Waals surface area contributed by atoms with Gasteiger partial charge in [0, 0.05) is 5.56 Å². The van der Waals surface area contributed by atoms with Crippen LogP contribution < -0.4 is 10.6 Å². The van der Waals surface area contributed by atoms with E-state index >= 15 is 0 Å². The SMILES string of the molecule is CCc1ccc(C[NH+](C)[C@H](C)C(N)=O)cc1. The lowest BCUT2D eigenvalue weighted by atomic mass is 10.1. The normalized spacial score (nSPS) is 14.4. The van der Waals surface area contributed by atoms with Crippen molar-refractivity contribution in [2.75, 3.05) is 7.05 Å². The molecular formula is C13H21N2O+. The molecule has 1 aromatic rings. The molecular weight excluding hydrogens is 200 g/mol. The van der Waals surface area contributed by atoms with Crippen LogP contribution in [0.3, 0.4) is 0 Å². The van der Waals surface area contributed by atoms with Crippen LogP contribution in [0.15, 0.2) is 24.3 Å². The number of hydrogen-bond acceptors (Lipinski definition) is 1.